The van der Waals surface area contributed by atoms with Crippen LogP contribution in [-0.2, 0) is 4.79 Å². The van der Waals surface area contributed by atoms with E-state index in [1.165, 1.54) is 6.07 Å². The molecule has 1 aromatic rings. The van der Waals surface area contributed by atoms with Gasteiger partial charge >= 0.3 is 0 Å². The van der Waals surface area contributed by atoms with Crippen LogP contribution in [0.25, 0.3) is 0 Å². The molecule has 0 aliphatic carbocycles. The maximum Gasteiger partial charge on any atom is 0.257 e. The number of benzene rings is 1. The van der Waals surface area contributed by atoms with Gasteiger partial charge < -0.3 is 15.0 Å². The molecule has 6 heteroatoms. The summed E-state index contributed by atoms with van der Waals surface area (Å²) >= 11 is 0. The number of nitrogens with one attached hydrogen (secondary N) is 1. The highest BCUT2D eigenvalue weighted by Gasteiger charge is 2.17. The third kappa shape index (κ3) is 4.97. The molecule has 0 aromatic heterocycles. The van der Waals surface area contributed by atoms with Gasteiger partial charge in [0.2, 0.25) is 0 Å². The van der Waals surface area contributed by atoms with Crippen LogP contribution in [0.2, 0.25) is 0 Å². The van der Waals surface area contributed by atoms with Crippen molar-refractivity contribution in [1.29, 1.82) is 0 Å². The summed E-state index contributed by atoms with van der Waals surface area (Å²) in [7, 11) is 2.08. The van der Waals surface area contributed by atoms with Crippen molar-refractivity contribution in [3.63, 3.8) is 0 Å². The number of carbonyl (C=O) groups excluding carboxylic acids is 1. The first-order valence-electron chi connectivity index (χ1n) is 7.07. The van der Waals surface area contributed by atoms with Crippen molar-refractivity contribution in [2.24, 2.45) is 5.92 Å². The molecule has 1 amide bonds. The molecule has 1 fully saturated rings. The molecule has 2 rings (SSSR count). The molecule has 1 aromatic carbocycles. The fourth-order valence-electron chi connectivity index (χ4n) is 2.31. The summed E-state index contributed by atoms with van der Waals surface area (Å²) < 4.78 is 31.1. The van der Waals surface area contributed by atoms with E-state index in [-0.39, 0.29) is 18.3 Å². The summed E-state index contributed by atoms with van der Waals surface area (Å²) in [5.74, 6) is -1.42. The van der Waals surface area contributed by atoms with Crippen LogP contribution in [0, 0.1) is 17.6 Å². The van der Waals surface area contributed by atoms with Gasteiger partial charge in [0.15, 0.2) is 18.2 Å². The molecule has 0 radical (unpaired) electrons. The highest BCUT2D eigenvalue weighted by atomic mass is 19.1. The normalized spacial score (nSPS) is 16.7. The van der Waals surface area contributed by atoms with E-state index < -0.39 is 11.6 Å². The molecule has 21 heavy (non-hydrogen) atoms. The summed E-state index contributed by atoms with van der Waals surface area (Å²) in [6, 6.07) is 3.00. The predicted molar refractivity (Wildman–Crippen MR) is 75.1 cm³/mol. The van der Waals surface area contributed by atoms with Gasteiger partial charge in [-0.2, -0.15) is 0 Å². The molecule has 1 aliphatic rings. The number of hydrogen-bond acceptors (Lipinski definition) is 3. The van der Waals surface area contributed by atoms with Crippen molar-refractivity contribution in [2.45, 2.75) is 12.8 Å². The van der Waals surface area contributed by atoms with Gasteiger partial charge in [-0.1, -0.05) is 0 Å². The Kier molecular flexibility index (Phi) is 5.50. The maximum absolute atomic E-state index is 13.3. The molecule has 1 saturated heterocycles. The number of amides is 1. The number of hydrogen-bond donors (Lipinski definition) is 1. The Morgan fingerprint density at radius 2 is 2.10 bits per heavy atom. The standard InChI is InChI=1S/C15H20F2N2O2/c1-19-6-4-11(5-7-19)9-18-15(20)10-21-14-3-2-12(16)8-13(14)17/h2-3,8,11H,4-7,9-10H2,1H3,(H,18,20). The Balaban J connectivity index is 1.70. The molecule has 0 spiro atoms. The molecule has 0 unspecified atom stereocenters. The average molecular weight is 298 g/mol. The maximum atomic E-state index is 13.3. The monoisotopic (exact) mass is 298 g/mol. The third-order valence-corrected chi connectivity index (χ3v) is 3.68. The van der Waals surface area contributed by atoms with Gasteiger partial charge in [-0.3, -0.25) is 4.79 Å². The summed E-state index contributed by atoms with van der Waals surface area (Å²) in [6.45, 7) is 2.42. The van der Waals surface area contributed by atoms with Crippen LogP contribution in [0.4, 0.5) is 8.78 Å². The lowest BCUT2D eigenvalue weighted by Gasteiger charge is -2.28. The lowest BCUT2D eigenvalue weighted by Crippen LogP contribution is -2.38. The summed E-state index contributed by atoms with van der Waals surface area (Å²) in [6.07, 6.45) is 2.12. The number of rotatable bonds is 5. The minimum atomic E-state index is -0.807. The van der Waals surface area contributed by atoms with Crippen molar-refractivity contribution in [2.75, 3.05) is 33.3 Å². The van der Waals surface area contributed by atoms with E-state index in [4.69, 9.17) is 4.74 Å². The van der Waals surface area contributed by atoms with Crippen molar-refractivity contribution < 1.29 is 18.3 Å². The lowest BCUT2D eigenvalue weighted by molar-refractivity contribution is -0.123. The highest BCUT2D eigenvalue weighted by Crippen LogP contribution is 2.17. The Morgan fingerprint density at radius 3 is 2.76 bits per heavy atom. The van der Waals surface area contributed by atoms with Crippen LogP contribution in [0.15, 0.2) is 18.2 Å². The van der Waals surface area contributed by atoms with Gasteiger partial charge in [-0.15, -0.1) is 0 Å². The Bertz CT molecular complexity index is 489. The summed E-state index contributed by atoms with van der Waals surface area (Å²) in [5, 5.41) is 2.79. The van der Waals surface area contributed by atoms with Crippen molar-refractivity contribution in [1.82, 2.24) is 10.2 Å². The van der Waals surface area contributed by atoms with Crippen LogP contribution in [0.3, 0.4) is 0 Å². The van der Waals surface area contributed by atoms with Crippen molar-refractivity contribution in [3.05, 3.63) is 29.8 Å². The molecule has 1 heterocycles. The van der Waals surface area contributed by atoms with Gasteiger partial charge in [0, 0.05) is 12.6 Å². The molecule has 116 valence electrons. The van der Waals surface area contributed by atoms with E-state index in [1.807, 2.05) is 0 Å². The second-order valence-electron chi connectivity index (χ2n) is 5.41. The first-order chi connectivity index (χ1) is 10.0. The number of carbonyl (C=O) groups is 1. The molecule has 4 nitrogen and oxygen atoms in total. The Labute approximate surface area is 123 Å². The first kappa shape index (κ1) is 15.7. The van der Waals surface area contributed by atoms with Gasteiger partial charge in [-0.05, 0) is 51.0 Å². The van der Waals surface area contributed by atoms with E-state index in [9.17, 15) is 13.6 Å². The van der Waals surface area contributed by atoms with Crippen LogP contribution in [-0.4, -0.2) is 44.1 Å². The van der Waals surface area contributed by atoms with Crippen LogP contribution in [0.5, 0.6) is 5.75 Å². The summed E-state index contributed by atoms with van der Waals surface area (Å²) in [4.78, 5) is 13.9. The van der Waals surface area contributed by atoms with E-state index >= 15 is 0 Å². The highest BCUT2D eigenvalue weighted by molar-refractivity contribution is 5.77. The zero-order valence-electron chi connectivity index (χ0n) is 12.1. The number of nitrogens with zero attached hydrogens (tertiary/aromatic N) is 1. The number of piperidine rings is 1. The molecule has 1 aliphatic heterocycles. The van der Waals surface area contributed by atoms with Crippen molar-refractivity contribution >= 4 is 5.91 Å². The predicted octanol–water partition coefficient (Wildman–Crippen LogP) is 1.80. The van der Waals surface area contributed by atoms with E-state index in [0.29, 0.717) is 12.5 Å². The fourth-order valence-corrected chi connectivity index (χ4v) is 2.31. The Hall–Kier alpha value is -1.69. The Morgan fingerprint density at radius 1 is 1.38 bits per heavy atom. The number of likely N-dealkylation sites (tertiary alicyclic amines) is 1. The molecule has 1 N–H and O–H groups in total. The lowest BCUT2D eigenvalue weighted by atomic mass is 9.97. The van der Waals surface area contributed by atoms with Crippen LogP contribution in [0.1, 0.15) is 12.8 Å². The minimum Gasteiger partial charge on any atom is -0.481 e. The zero-order chi connectivity index (χ0) is 15.2. The second kappa shape index (κ2) is 7.36. The SMILES string of the molecule is CN1CCC(CNC(=O)COc2ccc(F)cc2F)CC1. The van der Waals surface area contributed by atoms with Crippen molar-refractivity contribution in [3.8, 4) is 5.75 Å². The smallest absolute Gasteiger partial charge is 0.257 e. The number of halogens is 2. The number of ether oxygens (including phenoxy) is 1. The average Bonchev–Trinajstić information content (AvgIpc) is 2.46. The van der Waals surface area contributed by atoms with Crippen LogP contribution < -0.4 is 10.1 Å². The topological polar surface area (TPSA) is 41.6 Å². The third-order valence-electron chi connectivity index (χ3n) is 3.68. The van der Waals surface area contributed by atoms with Gasteiger partial charge in [-0.25, -0.2) is 8.78 Å². The van der Waals surface area contributed by atoms with E-state index in [1.54, 1.807) is 0 Å². The first-order valence-corrected chi connectivity index (χ1v) is 7.07. The van der Waals surface area contributed by atoms with Gasteiger partial charge in [0.1, 0.15) is 5.82 Å². The largest absolute Gasteiger partial charge is 0.481 e. The molecule has 0 saturated carbocycles. The van der Waals surface area contributed by atoms with Crippen LogP contribution >= 0.6 is 0 Å². The van der Waals surface area contributed by atoms with Gasteiger partial charge in [0.25, 0.3) is 5.91 Å². The zero-order valence-corrected chi connectivity index (χ0v) is 12.1. The quantitative estimate of drug-likeness (QED) is 0.901. The minimum absolute atomic E-state index is 0.120. The summed E-state index contributed by atoms with van der Waals surface area (Å²) in [5.41, 5.74) is 0. The van der Waals surface area contributed by atoms with E-state index in [2.05, 4.69) is 17.3 Å². The van der Waals surface area contributed by atoms with E-state index in [0.717, 1.165) is 38.1 Å². The van der Waals surface area contributed by atoms with Gasteiger partial charge in [0.05, 0.1) is 0 Å². The molecule has 0 bridgehead atoms. The second-order valence-corrected chi connectivity index (χ2v) is 5.41. The molecular weight excluding hydrogens is 278 g/mol. The fraction of sp³-hybridized carbons (Fsp3) is 0.533. The molecule has 0 atom stereocenters. The molecular formula is C15H20F2N2O2.